The quantitative estimate of drug-likeness (QED) is 0.280. The number of hydrogen-bond donors (Lipinski definition) is 1. The number of halogens is 1. The number of carbonyl (C=O) groups is 2. The molecule has 0 amide bonds. The second kappa shape index (κ2) is 6.98. The predicted octanol–water partition coefficient (Wildman–Crippen LogP) is 2.15. The zero-order chi connectivity index (χ0) is 16.2. The molecule has 21 heavy (non-hydrogen) atoms. The second-order valence-corrected chi connectivity index (χ2v) is 4.61. The van der Waals surface area contributed by atoms with Crippen LogP contribution in [0.5, 0.6) is 0 Å². The zero-order valence-electron chi connectivity index (χ0n) is 11.3. The van der Waals surface area contributed by atoms with Gasteiger partial charge in [-0.15, -0.1) is 0 Å². The minimum absolute atomic E-state index is 0.154. The summed E-state index contributed by atoms with van der Waals surface area (Å²) in [5.74, 6) is -4.62. The van der Waals surface area contributed by atoms with Crippen LogP contribution in [0.25, 0.3) is 0 Å². The Morgan fingerprint density at radius 3 is 2.62 bits per heavy atom. The minimum Gasteiger partial charge on any atom is -0.480 e. The lowest BCUT2D eigenvalue weighted by atomic mass is 10.0. The highest BCUT2D eigenvalue weighted by atomic mass is 35.5. The fraction of sp³-hybridized carbons (Fsp3) is 0.417. The number of carbonyl (C=O) groups excluding carboxylic acids is 1. The molecule has 0 aliphatic rings. The molecule has 8 nitrogen and oxygen atoms in total. The Morgan fingerprint density at radius 2 is 2.14 bits per heavy atom. The molecule has 0 spiro atoms. The summed E-state index contributed by atoms with van der Waals surface area (Å²) in [5.41, 5.74) is -1.15. The van der Waals surface area contributed by atoms with Crippen molar-refractivity contribution in [1.29, 1.82) is 0 Å². The molecule has 1 aromatic heterocycles. The van der Waals surface area contributed by atoms with Gasteiger partial charge in [-0.3, -0.25) is 19.7 Å². The maximum Gasteiger partial charge on any atom is 0.327 e. The van der Waals surface area contributed by atoms with Gasteiger partial charge in [0.05, 0.1) is 11.0 Å². The molecule has 0 aliphatic heterocycles. The van der Waals surface area contributed by atoms with Crippen LogP contribution >= 0.6 is 11.6 Å². The van der Waals surface area contributed by atoms with Gasteiger partial charge in [-0.2, -0.15) is 0 Å². The van der Waals surface area contributed by atoms with Crippen LogP contribution in [0.2, 0.25) is 5.15 Å². The Morgan fingerprint density at radius 1 is 1.52 bits per heavy atom. The molecule has 2 unspecified atom stereocenters. The fourth-order valence-electron chi connectivity index (χ4n) is 1.49. The molecule has 2 atom stereocenters. The first kappa shape index (κ1) is 16.8. The Hall–Kier alpha value is -2.22. The smallest absolute Gasteiger partial charge is 0.327 e. The maximum absolute atomic E-state index is 11.9. The number of esters is 1. The number of nitrogens with zero attached hydrogens (tertiary/aromatic N) is 2. The summed E-state index contributed by atoms with van der Waals surface area (Å²) in [7, 11) is 0. The summed E-state index contributed by atoms with van der Waals surface area (Å²) in [5, 5.41) is 20.0. The molecule has 0 fully saturated rings. The van der Waals surface area contributed by atoms with Gasteiger partial charge in [-0.25, -0.2) is 4.98 Å². The van der Waals surface area contributed by atoms with Crippen molar-refractivity contribution in [3.8, 4) is 0 Å². The largest absolute Gasteiger partial charge is 0.480 e. The molecule has 0 aliphatic carbocycles. The number of nitro groups is 1. The number of carboxylic acid groups (broad SMARTS) is 1. The molecule has 0 radical (unpaired) electrons. The van der Waals surface area contributed by atoms with E-state index >= 15 is 0 Å². The summed E-state index contributed by atoms with van der Waals surface area (Å²) in [6.45, 7) is 3.32. The summed E-state index contributed by atoms with van der Waals surface area (Å²) < 4.78 is 4.93. The van der Waals surface area contributed by atoms with E-state index in [0.29, 0.717) is 6.42 Å². The van der Waals surface area contributed by atoms with Crippen molar-refractivity contribution in [2.45, 2.75) is 32.3 Å². The van der Waals surface area contributed by atoms with Crippen LogP contribution in [0.3, 0.4) is 0 Å². The Kier molecular flexibility index (Phi) is 5.60. The monoisotopic (exact) mass is 316 g/mol. The van der Waals surface area contributed by atoms with Crippen molar-refractivity contribution in [3.05, 3.63) is 33.1 Å². The van der Waals surface area contributed by atoms with Crippen LogP contribution in [-0.2, 0) is 14.3 Å². The van der Waals surface area contributed by atoms with E-state index in [1.807, 2.05) is 0 Å². The summed E-state index contributed by atoms with van der Waals surface area (Å²) in [4.78, 5) is 36.9. The molecule has 9 heteroatoms. The topological polar surface area (TPSA) is 120 Å². The first-order valence-corrected chi connectivity index (χ1v) is 6.39. The van der Waals surface area contributed by atoms with E-state index in [2.05, 4.69) is 4.98 Å². The molecular formula is C12H13ClN2O6. The summed E-state index contributed by atoms with van der Waals surface area (Å²) in [6.07, 6.45) is -0.0408. The summed E-state index contributed by atoms with van der Waals surface area (Å²) >= 11 is 5.63. The van der Waals surface area contributed by atoms with Crippen LogP contribution in [0.15, 0.2) is 12.1 Å². The van der Waals surface area contributed by atoms with Crippen LogP contribution in [-0.4, -0.2) is 33.1 Å². The van der Waals surface area contributed by atoms with Crippen LogP contribution in [0.4, 0.5) is 5.69 Å². The highest BCUT2D eigenvalue weighted by Crippen LogP contribution is 2.28. The van der Waals surface area contributed by atoms with E-state index in [1.54, 1.807) is 13.8 Å². The third-order valence-corrected chi connectivity index (χ3v) is 2.92. The highest BCUT2D eigenvalue weighted by Gasteiger charge is 2.38. The van der Waals surface area contributed by atoms with Crippen molar-refractivity contribution in [2.75, 3.05) is 0 Å². The van der Waals surface area contributed by atoms with Gasteiger partial charge in [0.25, 0.3) is 5.69 Å². The maximum atomic E-state index is 11.9. The molecule has 114 valence electrons. The van der Waals surface area contributed by atoms with Gasteiger partial charge in [-0.05, 0) is 19.4 Å². The van der Waals surface area contributed by atoms with Crippen molar-refractivity contribution >= 4 is 29.2 Å². The lowest BCUT2D eigenvalue weighted by molar-refractivity contribution is -0.386. The SMILES string of the molecule is CCC(C)OC(=O)C(C(=O)O)c1nc(Cl)ccc1[N+](=O)[O-]. The Bertz CT molecular complexity index is 577. The fourth-order valence-corrected chi connectivity index (χ4v) is 1.64. The van der Waals surface area contributed by atoms with E-state index in [0.717, 1.165) is 12.1 Å². The lowest BCUT2D eigenvalue weighted by Crippen LogP contribution is -2.28. The van der Waals surface area contributed by atoms with Crippen LogP contribution < -0.4 is 0 Å². The highest BCUT2D eigenvalue weighted by molar-refractivity contribution is 6.29. The first-order chi connectivity index (χ1) is 9.77. The lowest BCUT2D eigenvalue weighted by Gasteiger charge is -2.15. The van der Waals surface area contributed by atoms with Crippen LogP contribution in [0, 0.1) is 10.1 Å². The van der Waals surface area contributed by atoms with Gasteiger partial charge in [0.1, 0.15) is 10.8 Å². The molecule has 1 heterocycles. The first-order valence-electron chi connectivity index (χ1n) is 6.02. The van der Waals surface area contributed by atoms with E-state index in [9.17, 15) is 24.8 Å². The number of aromatic nitrogens is 1. The number of ether oxygens (including phenoxy) is 1. The number of rotatable bonds is 6. The van der Waals surface area contributed by atoms with Gasteiger partial charge in [0.15, 0.2) is 0 Å². The molecular weight excluding hydrogens is 304 g/mol. The van der Waals surface area contributed by atoms with Crippen molar-refractivity contribution in [2.24, 2.45) is 0 Å². The standard InChI is InChI=1S/C12H13ClN2O6/c1-3-6(2)21-12(18)9(11(16)17)10-7(15(19)20)4-5-8(13)14-10/h4-6,9H,3H2,1-2H3,(H,16,17). The molecule has 0 saturated carbocycles. The number of hydrogen-bond acceptors (Lipinski definition) is 6. The van der Waals surface area contributed by atoms with Crippen molar-refractivity contribution < 1.29 is 24.4 Å². The third-order valence-electron chi connectivity index (χ3n) is 2.71. The van der Waals surface area contributed by atoms with Crippen molar-refractivity contribution in [3.63, 3.8) is 0 Å². The van der Waals surface area contributed by atoms with Gasteiger partial charge < -0.3 is 9.84 Å². The molecule has 0 aromatic carbocycles. The van der Waals surface area contributed by atoms with Crippen LogP contribution in [0.1, 0.15) is 31.9 Å². The van der Waals surface area contributed by atoms with E-state index < -0.39 is 40.3 Å². The van der Waals surface area contributed by atoms with E-state index in [1.165, 1.54) is 0 Å². The van der Waals surface area contributed by atoms with Gasteiger partial charge >= 0.3 is 11.9 Å². The van der Waals surface area contributed by atoms with Gasteiger partial charge in [-0.1, -0.05) is 18.5 Å². The Balaban J connectivity index is 3.29. The molecule has 1 rings (SSSR count). The van der Waals surface area contributed by atoms with E-state index in [4.69, 9.17) is 16.3 Å². The Labute approximate surface area is 124 Å². The average Bonchev–Trinajstić information content (AvgIpc) is 2.37. The van der Waals surface area contributed by atoms with Gasteiger partial charge in [0, 0.05) is 6.07 Å². The van der Waals surface area contributed by atoms with Crippen molar-refractivity contribution in [1.82, 2.24) is 4.98 Å². The molecule has 1 aromatic rings. The third kappa shape index (κ3) is 4.12. The predicted molar refractivity (Wildman–Crippen MR) is 72.1 cm³/mol. The normalized spacial score (nSPS) is 13.3. The number of carboxylic acids is 1. The summed E-state index contributed by atoms with van der Waals surface area (Å²) in [6, 6.07) is 2.14. The van der Waals surface area contributed by atoms with Gasteiger partial charge in [0.2, 0.25) is 5.92 Å². The average molecular weight is 317 g/mol. The van der Waals surface area contributed by atoms with E-state index in [-0.39, 0.29) is 5.15 Å². The number of pyridine rings is 1. The second-order valence-electron chi connectivity index (χ2n) is 4.22. The zero-order valence-corrected chi connectivity index (χ0v) is 12.0. The molecule has 1 N–H and O–H groups in total. The molecule has 0 bridgehead atoms. The minimum atomic E-state index is -1.90. The number of aliphatic carboxylic acids is 1. The molecule has 0 saturated heterocycles.